The molecule has 3 heterocycles. The fourth-order valence-electron chi connectivity index (χ4n) is 5.94. The Morgan fingerprint density at radius 2 is 1.75 bits per heavy atom. The van der Waals surface area contributed by atoms with E-state index in [1.165, 1.54) is 18.2 Å². The van der Waals surface area contributed by atoms with Gasteiger partial charge in [0.2, 0.25) is 11.8 Å². The van der Waals surface area contributed by atoms with Crippen molar-refractivity contribution in [3.63, 3.8) is 0 Å². The van der Waals surface area contributed by atoms with Crippen molar-refractivity contribution in [3.8, 4) is 17.1 Å². The molecule has 14 heteroatoms. The monoisotopic (exact) mass is 651 g/mol. The Morgan fingerprint density at radius 3 is 2.43 bits per heavy atom. The molecule has 3 aromatic rings. The predicted octanol–water partition coefficient (Wildman–Crippen LogP) is 5.23. The van der Waals surface area contributed by atoms with Crippen LogP contribution in [-0.2, 0) is 10.0 Å². The Balaban J connectivity index is 0.00000384. The zero-order chi connectivity index (χ0) is 30.6. The number of carbonyl (C=O) groups excluding carboxylic acids is 1. The van der Waals surface area contributed by atoms with Crippen LogP contribution in [0.5, 0.6) is 5.88 Å². The van der Waals surface area contributed by atoms with Gasteiger partial charge in [-0.05, 0) is 69.0 Å². The minimum atomic E-state index is -4.23. The lowest BCUT2D eigenvalue weighted by atomic mass is 10.00. The van der Waals surface area contributed by atoms with Gasteiger partial charge in [-0.2, -0.15) is 18.2 Å². The lowest BCUT2D eigenvalue weighted by Crippen LogP contribution is -2.57. The van der Waals surface area contributed by atoms with Crippen molar-refractivity contribution in [1.29, 1.82) is 0 Å². The third kappa shape index (κ3) is 6.22. The predicted molar refractivity (Wildman–Crippen MR) is 161 cm³/mol. The van der Waals surface area contributed by atoms with E-state index < -0.39 is 27.7 Å². The van der Waals surface area contributed by atoms with E-state index in [0.717, 1.165) is 16.7 Å². The molecule has 0 unspecified atom stereocenters. The first kappa shape index (κ1) is 32.0. The number of carbonyl (C=O) groups is 1. The topological polar surface area (TPSA) is 105 Å². The smallest absolute Gasteiger partial charge is 0.394 e. The van der Waals surface area contributed by atoms with E-state index in [9.17, 15) is 26.4 Å². The van der Waals surface area contributed by atoms with Gasteiger partial charge in [-0.3, -0.25) is 9.69 Å². The first-order valence-electron chi connectivity index (χ1n) is 14.2. The number of aryl methyl sites for hydroxylation is 2. The Labute approximate surface area is 260 Å². The van der Waals surface area contributed by atoms with Crippen LogP contribution in [0, 0.1) is 19.3 Å². The van der Waals surface area contributed by atoms with Crippen LogP contribution >= 0.6 is 12.4 Å². The largest absolute Gasteiger partial charge is 0.475 e. The number of piperazine rings is 1. The fourth-order valence-corrected chi connectivity index (χ4v) is 6.93. The maximum atomic E-state index is 13.7. The molecular weight excluding hydrogens is 619 g/mol. The van der Waals surface area contributed by atoms with Gasteiger partial charge in [0.1, 0.15) is 6.61 Å². The molecule has 1 saturated carbocycles. The SMILES string of the molecule is Cc1cccc(C)c1-c1cc2nc(n1)NS(=O)(=O)c1cccc(c1)C(=O)N1CCN(CCC3(C(F)(F)F)CC3)C[C@@H]1CO2.Cl. The average Bonchev–Trinajstić information content (AvgIpc) is 3.76. The van der Waals surface area contributed by atoms with Gasteiger partial charge in [-0.25, -0.2) is 18.1 Å². The summed E-state index contributed by atoms with van der Waals surface area (Å²) in [7, 11) is -4.17. The zero-order valence-corrected chi connectivity index (χ0v) is 25.9. The van der Waals surface area contributed by atoms with Gasteiger partial charge >= 0.3 is 6.18 Å². The van der Waals surface area contributed by atoms with Crippen molar-refractivity contribution in [3.05, 3.63) is 65.2 Å². The highest BCUT2D eigenvalue weighted by molar-refractivity contribution is 7.92. The summed E-state index contributed by atoms with van der Waals surface area (Å²) >= 11 is 0. The second kappa shape index (κ2) is 11.8. The summed E-state index contributed by atoms with van der Waals surface area (Å²) in [5, 5.41) is 0. The highest BCUT2D eigenvalue weighted by Crippen LogP contribution is 2.60. The van der Waals surface area contributed by atoms with E-state index >= 15 is 0 Å². The fraction of sp³-hybridized carbons (Fsp3) is 0.433. The van der Waals surface area contributed by atoms with Gasteiger partial charge in [0.25, 0.3) is 15.9 Å². The second-order valence-corrected chi connectivity index (χ2v) is 13.3. The molecule has 0 spiro atoms. The van der Waals surface area contributed by atoms with Gasteiger partial charge in [-0.1, -0.05) is 24.3 Å². The molecule has 1 amide bonds. The van der Waals surface area contributed by atoms with Crippen LogP contribution in [0.2, 0.25) is 0 Å². The average molecular weight is 652 g/mol. The number of hydrogen-bond donors (Lipinski definition) is 1. The van der Waals surface area contributed by atoms with E-state index in [1.807, 2.05) is 36.9 Å². The van der Waals surface area contributed by atoms with Gasteiger partial charge in [0.15, 0.2) is 0 Å². The van der Waals surface area contributed by atoms with E-state index in [1.54, 1.807) is 17.0 Å². The van der Waals surface area contributed by atoms with Gasteiger partial charge in [0, 0.05) is 36.8 Å². The maximum absolute atomic E-state index is 13.7. The molecule has 1 saturated heterocycles. The highest BCUT2D eigenvalue weighted by Gasteiger charge is 2.62. The summed E-state index contributed by atoms with van der Waals surface area (Å²) in [6.45, 7) is 5.05. The van der Waals surface area contributed by atoms with Crippen LogP contribution in [0.1, 0.15) is 40.7 Å². The minimum absolute atomic E-state index is 0. The molecular formula is C30H33ClF3N5O4S. The van der Waals surface area contributed by atoms with Crippen LogP contribution in [0.3, 0.4) is 0 Å². The van der Waals surface area contributed by atoms with Crippen molar-refractivity contribution in [2.24, 2.45) is 5.41 Å². The standard InChI is InChI=1S/C30H32F3N5O4S.ClH/c1-19-5-3-6-20(2)26(19)24-16-25-35-28(34-24)36-43(40,41)23-8-4-7-21(15-23)27(39)38-14-13-37(17-22(38)18-42-25)12-11-29(9-10-29)30(31,32)33;/h3-8,15-16,22H,9-14,17-18H2,1-2H3,(H,34,35,36);1H/t22-;/m1./s1. The third-order valence-electron chi connectivity index (χ3n) is 8.67. The summed E-state index contributed by atoms with van der Waals surface area (Å²) in [4.78, 5) is 25.9. The molecule has 44 heavy (non-hydrogen) atoms. The van der Waals surface area contributed by atoms with Gasteiger partial charge in [0.05, 0.1) is 22.0 Å². The number of hydrogen-bond acceptors (Lipinski definition) is 7. The molecule has 2 aromatic carbocycles. The van der Waals surface area contributed by atoms with Gasteiger partial charge in [-0.15, -0.1) is 12.4 Å². The summed E-state index contributed by atoms with van der Waals surface area (Å²) < 4.78 is 76.0. The lowest BCUT2D eigenvalue weighted by molar-refractivity contribution is -0.190. The number of nitrogens with zero attached hydrogens (tertiary/aromatic N) is 4. The highest BCUT2D eigenvalue weighted by atomic mass is 35.5. The number of ether oxygens (including phenoxy) is 1. The summed E-state index contributed by atoms with van der Waals surface area (Å²) in [6, 6.07) is 12.6. The summed E-state index contributed by atoms with van der Waals surface area (Å²) in [5.41, 5.74) is 1.69. The molecule has 236 valence electrons. The Hall–Kier alpha value is -3.42. The van der Waals surface area contributed by atoms with Crippen LogP contribution in [0.15, 0.2) is 53.4 Å². The Kier molecular flexibility index (Phi) is 8.60. The summed E-state index contributed by atoms with van der Waals surface area (Å²) in [5.74, 6) is -0.461. The van der Waals surface area contributed by atoms with E-state index in [0.29, 0.717) is 18.8 Å². The maximum Gasteiger partial charge on any atom is 0.394 e. The van der Waals surface area contributed by atoms with Gasteiger partial charge < -0.3 is 9.64 Å². The first-order chi connectivity index (χ1) is 20.3. The summed E-state index contributed by atoms with van der Waals surface area (Å²) in [6.07, 6.45) is -3.92. The number of benzene rings is 2. The number of halogens is 4. The number of nitrogens with one attached hydrogen (secondary N) is 1. The molecule has 1 aliphatic carbocycles. The van der Waals surface area contributed by atoms with Crippen molar-refractivity contribution in [2.45, 2.75) is 50.2 Å². The molecule has 2 fully saturated rings. The van der Waals surface area contributed by atoms with Crippen molar-refractivity contribution in [1.82, 2.24) is 19.8 Å². The first-order valence-corrected chi connectivity index (χ1v) is 15.6. The van der Waals surface area contributed by atoms with Crippen LogP contribution in [0.4, 0.5) is 19.1 Å². The molecule has 6 rings (SSSR count). The number of fused-ring (bicyclic) bond motifs is 5. The van der Waals surface area contributed by atoms with Crippen molar-refractivity contribution < 1.29 is 31.1 Å². The molecule has 9 nitrogen and oxygen atoms in total. The molecule has 3 aliphatic rings. The normalized spacial score (nSPS) is 20.9. The number of amides is 1. The molecule has 4 bridgehead atoms. The van der Waals surface area contributed by atoms with E-state index in [2.05, 4.69) is 14.7 Å². The molecule has 1 aromatic heterocycles. The molecule has 2 aliphatic heterocycles. The van der Waals surface area contributed by atoms with E-state index in [4.69, 9.17) is 4.74 Å². The number of sulfonamides is 1. The second-order valence-electron chi connectivity index (χ2n) is 11.6. The molecule has 1 N–H and O–H groups in total. The lowest BCUT2D eigenvalue weighted by Gasteiger charge is -2.41. The van der Waals surface area contributed by atoms with Crippen molar-refractivity contribution in [2.75, 3.05) is 37.5 Å². The number of alkyl halides is 3. The minimum Gasteiger partial charge on any atom is -0.475 e. The number of aromatic nitrogens is 2. The van der Waals surface area contributed by atoms with Crippen LogP contribution in [0.25, 0.3) is 11.3 Å². The van der Waals surface area contributed by atoms with Crippen LogP contribution < -0.4 is 9.46 Å². The van der Waals surface area contributed by atoms with Crippen molar-refractivity contribution >= 4 is 34.3 Å². The van der Waals surface area contributed by atoms with E-state index in [-0.39, 0.29) is 79.6 Å². The van der Waals surface area contributed by atoms with Crippen LogP contribution in [-0.4, -0.2) is 79.1 Å². The quantitative estimate of drug-likeness (QED) is 0.412. The number of anilines is 1. The Morgan fingerprint density at radius 1 is 1.05 bits per heavy atom. The third-order valence-corrected chi connectivity index (χ3v) is 10.00. The Bertz CT molecular complexity index is 1660. The molecule has 0 radical (unpaired) electrons. The number of rotatable bonds is 4. The zero-order valence-electron chi connectivity index (χ0n) is 24.2. The molecule has 1 atom stereocenters.